The maximum atomic E-state index is 13.6. The molecule has 11 heteroatoms. The van der Waals surface area contributed by atoms with E-state index in [2.05, 4.69) is 10.3 Å². The summed E-state index contributed by atoms with van der Waals surface area (Å²) in [5.41, 5.74) is 0.632. The lowest BCUT2D eigenvalue weighted by Gasteiger charge is -2.34. The van der Waals surface area contributed by atoms with Crippen LogP contribution in [0.3, 0.4) is 0 Å². The summed E-state index contributed by atoms with van der Waals surface area (Å²) < 4.78 is 62.2. The van der Waals surface area contributed by atoms with Crippen molar-refractivity contribution in [3.8, 4) is 11.5 Å². The van der Waals surface area contributed by atoms with Gasteiger partial charge in [0.05, 0.1) is 18.8 Å². The van der Waals surface area contributed by atoms with E-state index in [1.54, 1.807) is 18.2 Å². The second-order valence-electron chi connectivity index (χ2n) is 7.37. The number of nitrogens with zero attached hydrogens (tertiary/aromatic N) is 1. The van der Waals surface area contributed by atoms with E-state index in [1.165, 1.54) is 11.8 Å². The molecule has 0 spiro atoms. The van der Waals surface area contributed by atoms with Crippen LogP contribution in [0, 0.1) is 0 Å². The van der Waals surface area contributed by atoms with Crippen LogP contribution < -0.4 is 14.8 Å². The van der Waals surface area contributed by atoms with E-state index < -0.39 is 30.7 Å². The first-order valence-electron chi connectivity index (χ1n) is 9.29. The monoisotopic (exact) mass is 432 g/mol. The molecule has 2 fully saturated rings. The fourth-order valence-electron chi connectivity index (χ4n) is 3.88. The van der Waals surface area contributed by atoms with Gasteiger partial charge in [-0.2, -0.15) is 13.2 Å². The molecule has 6 atom stereocenters. The molecule has 2 N–H and O–H groups in total. The number of hydrogen-bond donors (Lipinski definition) is 2. The second-order valence-corrected chi connectivity index (χ2v) is 8.60. The third kappa shape index (κ3) is 3.76. The van der Waals surface area contributed by atoms with Crippen molar-refractivity contribution < 1.29 is 37.2 Å². The Morgan fingerprint density at radius 3 is 2.83 bits per heavy atom. The third-order valence-electron chi connectivity index (χ3n) is 5.41. The zero-order valence-electron chi connectivity index (χ0n) is 15.1. The van der Waals surface area contributed by atoms with Gasteiger partial charge in [0.25, 0.3) is 0 Å². The van der Waals surface area contributed by atoms with Gasteiger partial charge >= 0.3 is 6.18 Å². The Hall–Kier alpha value is -1.69. The summed E-state index contributed by atoms with van der Waals surface area (Å²) in [4.78, 5) is 4.54. The average Bonchev–Trinajstić information content (AvgIpc) is 3.32. The first-order chi connectivity index (χ1) is 13.9. The summed E-state index contributed by atoms with van der Waals surface area (Å²) in [5, 5.41) is 12.5. The molecule has 0 unspecified atom stereocenters. The van der Waals surface area contributed by atoms with Gasteiger partial charge in [0.15, 0.2) is 23.0 Å². The molecule has 29 heavy (non-hydrogen) atoms. The van der Waals surface area contributed by atoms with Crippen molar-refractivity contribution in [3.63, 3.8) is 0 Å². The van der Waals surface area contributed by atoms with Crippen molar-refractivity contribution in [2.45, 2.75) is 54.8 Å². The molecule has 5 rings (SSSR count). The van der Waals surface area contributed by atoms with Gasteiger partial charge in [-0.25, -0.2) is 0 Å². The molecule has 0 amide bonds. The lowest BCUT2D eigenvalue weighted by atomic mass is 9.98. The average molecular weight is 432 g/mol. The second kappa shape index (κ2) is 7.22. The minimum absolute atomic E-state index is 0.0923. The molecule has 0 aromatic heterocycles. The number of amidine groups is 1. The highest BCUT2D eigenvalue weighted by Crippen LogP contribution is 2.41. The van der Waals surface area contributed by atoms with Gasteiger partial charge in [0.1, 0.15) is 12.1 Å². The topological polar surface area (TPSA) is 81.5 Å². The zero-order valence-corrected chi connectivity index (χ0v) is 15.9. The van der Waals surface area contributed by atoms with Crippen molar-refractivity contribution in [1.29, 1.82) is 0 Å². The Morgan fingerprint density at radius 2 is 2.00 bits per heavy atom. The standard InChI is InChI=1S/C18H19F3N2O5S/c19-18(20,21)15-4-9(8-1-2-11-12(3-8)27-7-26-11)22-17(23-15)29-14-5-10(24)16-25-6-13(14)28-16/h1-3,9-10,13-16,24H,4-7H2,(H,22,23)/t9-,10-,13-,14+,15-,16+/m1/s1. The number of thioether (sulfide) groups is 1. The van der Waals surface area contributed by atoms with E-state index >= 15 is 0 Å². The van der Waals surface area contributed by atoms with Crippen molar-refractivity contribution in [2.24, 2.45) is 4.99 Å². The minimum atomic E-state index is -4.42. The molecule has 4 aliphatic heterocycles. The summed E-state index contributed by atoms with van der Waals surface area (Å²) in [6.45, 7) is 0.399. The Kier molecular flexibility index (Phi) is 4.80. The molecule has 0 saturated carbocycles. The van der Waals surface area contributed by atoms with Gasteiger partial charge in [0, 0.05) is 11.7 Å². The number of aliphatic imine (C=N–C) groups is 1. The number of fused-ring (bicyclic) bond motifs is 3. The van der Waals surface area contributed by atoms with Crippen LogP contribution in [0.5, 0.6) is 11.5 Å². The molecule has 1 aromatic rings. The lowest BCUT2D eigenvalue weighted by Crippen LogP contribution is -2.49. The van der Waals surface area contributed by atoms with E-state index in [1.807, 2.05) is 0 Å². The number of aliphatic hydroxyl groups excluding tert-OH is 1. The van der Waals surface area contributed by atoms with Crippen molar-refractivity contribution in [3.05, 3.63) is 23.8 Å². The maximum Gasteiger partial charge on any atom is 0.408 e. The number of rotatable bonds is 2. The summed E-state index contributed by atoms with van der Waals surface area (Å²) in [7, 11) is 0. The Balaban J connectivity index is 1.40. The molecule has 7 nitrogen and oxygen atoms in total. The number of alkyl halides is 3. The smallest absolute Gasteiger partial charge is 0.408 e. The van der Waals surface area contributed by atoms with E-state index in [0.29, 0.717) is 30.1 Å². The zero-order chi connectivity index (χ0) is 20.2. The predicted octanol–water partition coefficient (Wildman–Crippen LogP) is 2.34. The summed E-state index contributed by atoms with van der Waals surface area (Å²) in [6, 6.07) is 2.68. The quantitative estimate of drug-likeness (QED) is 0.743. The van der Waals surface area contributed by atoms with Crippen LogP contribution in [-0.4, -0.2) is 59.6 Å². The molecular weight excluding hydrogens is 413 g/mol. The van der Waals surface area contributed by atoms with Crippen molar-refractivity contribution >= 4 is 16.9 Å². The molecule has 2 bridgehead atoms. The highest BCUT2D eigenvalue weighted by molar-refractivity contribution is 8.14. The molecular formula is C18H19F3N2O5S. The molecule has 4 aliphatic rings. The molecule has 1 aromatic carbocycles. The van der Waals surface area contributed by atoms with Gasteiger partial charge in [0.2, 0.25) is 6.79 Å². The van der Waals surface area contributed by atoms with E-state index in [9.17, 15) is 18.3 Å². The molecule has 0 radical (unpaired) electrons. The fraction of sp³-hybridized carbons (Fsp3) is 0.611. The van der Waals surface area contributed by atoms with Gasteiger partial charge in [-0.3, -0.25) is 4.99 Å². The SMILES string of the molecule is O[C@@H]1C[C@H](SC2=N[C@@H](c3ccc4c(c3)OCO4)C[C@H](C(F)(F)F)N2)[C@H]2CO[C@H]1O2. The van der Waals surface area contributed by atoms with Crippen LogP contribution in [-0.2, 0) is 9.47 Å². The van der Waals surface area contributed by atoms with Crippen LogP contribution in [0.4, 0.5) is 13.2 Å². The van der Waals surface area contributed by atoms with Crippen molar-refractivity contribution in [1.82, 2.24) is 5.32 Å². The normalized spacial score (nSPS) is 35.9. The number of hydrogen-bond acceptors (Lipinski definition) is 8. The summed E-state index contributed by atoms with van der Waals surface area (Å²) in [5.74, 6) is 1.07. The van der Waals surface area contributed by atoms with Gasteiger partial charge in [-0.1, -0.05) is 17.8 Å². The Morgan fingerprint density at radius 1 is 1.17 bits per heavy atom. The fourth-order valence-corrected chi connectivity index (χ4v) is 5.15. The Labute approximate surface area is 168 Å². The van der Waals surface area contributed by atoms with Crippen LogP contribution in [0.15, 0.2) is 23.2 Å². The molecule has 2 saturated heterocycles. The number of nitrogens with one attached hydrogen (secondary N) is 1. The molecule has 4 heterocycles. The van der Waals surface area contributed by atoms with E-state index in [0.717, 1.165) is 0 Å². The van der Waals surface area contributed by atoms with Crippen LogP contribution in [0.2, 0.25) is 0 Å². The van der Waals surface area contributed by atoms with Gasteiger partial charge in [-0.15, -0.1) is 0 Å². The van der Waals surface area contributed by atoms with Gasteiger partial charge < -0.3 is 29.4 Å². The van der Waals surface area contributed by atoms with Gasteiger partial charge in [-0.05, 0) is 24.1 Å². The summed E-state index contributed by atoms with van der Waals surface area (Å²) >= 11 is 1.17. The highest BCUT2D eigenvalue weighted by atomic mass is 32.2. The first-order valence-corrected chi connectivity index (χ1v) is 10.2. The third-order valence-corrected chi connectivity index (χ3v) is 6.65. The van der Waals surface area contributed by atoms with Crippen LogP contribution in [0.1, 0.15) is 24.4 Å². The first kappa shape index (κ1) is 19.3. The van der Waals surface area contributed by atoms with Crippen LogP contribution >= 0.6 is 11.8 Å². The van der Waals surface area contributed by atoms with E-state index in [-0.39, 0.29) is 29.7 Å². The number of benzene rings is 1. The molecule has 158 valence electrons. The van der Waals surface area contributed by atoms with Crippen molar-refractivity contribution in [2.75, 3.05) is 13.4 Å². The predicted molar refractivity (Wildman–Crippen MR) is 97.0 cm³/mol. The number of halogens is 3. The number of aliphatic hydroxyl groups is 1. The lowest BCUT2D eigenvalue weighted by molar-refractivity contribution is -0.155. The van der Waals surface area contributed by atoms with Crippen LogP contribution in [0.25, 0.3) is 0 Å². The highest BCUT2D eigenvalue weighted by Gasteiger charge is 2.47. The Bertz CT molecular complexity index is 823. The maximum absolute atomic E-state index is 13.6. The largest absolute Gasteiger partial charge is 0.454 e. The molecule has 0 aliphatic carbocycles. The van der Waals surface area contributed by atoms with E-state index in [4.69, 9.17) is 18.9 Å². The number of ether oxygens (including phenoxy) is 4. The minimum Gasteiger partial charge on any atom is -0.454 e. The summed E-state index contributed by atoms with van der Waals surface area (Å²) in [6.07, 6.45) is -6.01.